The molecule has 50 heavy (non-hydrogen) atoms. The zero-order valence-electron chi connectivity index (χ0n) is 27.0. The van der Waals surface area contributed by atoms with Crippen molar-refractivity contribution in [3.05, 3.63) is 198 Å². The van der Waals surface area contributed by atoms with Crippen molar-refractivity contribution in [1.29, 1.82) is 5.26 Å². The van der Waals surface area contributed by atoms with Crippen LogP contribution in [-0.2, 0) is 0 Å². The van der Waals surface area contributed by atoms with Gasteiger partial charge in [-0.2, -0.15) is 5.26 Å². The zero-order chi connectivity index (χ0) is 34.1. The molecule has 4 nitrogen and oxygen atoms in total. The number of aromatic nitrogens is 1. The van der Waals surface area contributed by atoms with Crippen molar-refractivity contribution in [3.8, 4) is 22.9 Å². The van der Waals surface area contributed by atoms with E-state index in [-0.39, 0.29) is 0 Å². The Morgan fingerprint density at radius 2 is 1.00 bits per heavy atom. The highest BCUT2D eigenvalue weighted by Crippen LogP contribution is 2.35. The average Bonchev–Trinajstić information content (AvgIpc) is 3.52. The molecule has 7 aromatic carbocycles. The van der Waals surface area contributed by atoms with Crippen LogP contribution in [0, 0.1) is 24.5 Å². The Hall–Kier alpha value is -6.97. The van der Waals surface area contributed by atoms with Crippen molar-refractivity contribution in [1.82, 2.24) is 4.57 Å². The monoisotopic (exact) mass is 652 g/mol. The van der Waals surface area contributed by atoms with Gasteiger partial charge in [0.1, 0.15) is 0 Å². The molecule has 0 aliphatic carbocycles. The molecule has 0 amide bonds. The molecule has 0 radical (unpaired) electrons. The molecule has 0 bridgehead atoms. The predicted molar refractivity (Wildman–Crippen MR) is 207 cm³/mol. The van der Waals surface area contributed by atoms with Crippen LogP contribution in [0.4, 0.5) is 11.4 Å². The quantitative estimate of drug-likeness (QED) is 0.101. The summed E-state index contributed by atoms with van der Waals surface area (Å²) in [6, 6.07) is 60.9. The second-order valence-electron chi connectivity index (χ2n) is 12.3. The summed E-state index contributed by atoms with van der Waals surface area (Å²) in [4.78, 5) is 7.44. The van der Waals surface area contributed by atoms with Gasteiger partial charge in [-0.15, -0.1) is 0 Å². The lowest BCUT2D eigenvalue weighted by Crippen LogP contribution is -2.74. The molecule has 0 aliphatic heterocycles. The fourth-order valence-corrected chi connectivity index (χ4v) is 12.1. The van der Waals surface area contributed by atoms with Crippen LogP contribution in [0.3, 0.4) is 0 Å². The third-order valence-electron chi connectivity index (χ3n) is 9.61. The Morgan fingerprint density at radius 1 is 0.480 bits per heavy atom. The topological polar surface area (TPSA) is 37.4 Å². The molecule has 8 rings (SSSR count). The summed E-state index contributed by atoms with van der Waals surface area (Å²) < 4.78 is 2.20. The largest absolute Gasteiger partial charge is 0.309 e. The molecule has 0 N–H and O–H groups in total. The highest BCUT2D eigenvalue weighted by Gasteiger charge is 2.41. The highest BCUT2D eigenvalue weighted by atomic mass is 28.3. The van der Waals surface area contributed by atoms with E-state index in [1.54, 1.807) is 0 Å². The van der Waals surface area contributed by atoms with E-state index in [1.165, 1.54) is 20.7 Å². The van der Waals surface area contributed by atoms with E-state index >= 15 is 0 Å². The molecule has 0 atom stereocenters. The Morgan fingerprint density at radius 3 is 1.60 bits per heavy atom. The maximum atomic E-state index is 9.58. The highest BCUT2D eigenvalue weighted by molar-refractivity contribution is 7.19. The number of fused-ring (bicyclic) bond motifs is 3. The van der Waals surface area contributed by atoms with Gasteiger partial charge in [-0.1, -0.05) is 133 Å². The average molecular weight is 653 g/mol. The lowest BCUT2D eigenvalue weighted by molar-refractivity contribution is 1.18. The first-order chi connectivity index (χ1) is 24.6. The van der Waals surface area contributed by atoms with Crippen LogP contribution in [0.25, 0.3) is 48.3 Å². The Kier molecular flexibility index (Phi) is 7.63. The summed E-state index contributed by atoms with van der Waals surface area (Å²) >= 11 is 0. The van der Waals surface area contributed by atoms with Crippen LogP contribution in [0.2, 0.25) is 0 Å². The van der Waals surface area contributed by atoms with Gasteiger partial charge in [0, 0.05) is 11.1 Å². The van der Waals surface area contributed by atoms with Gasteiger partial charge in [0.2, 0.25) is 0 Å². The first-order valence-corrected chi connectivity index (χ1v) is 18.3. The van der Waals surface area contributed by atoms with Gasteiger partial charge in [0.05, 0.1) is 35.8 Å². The number of benzene rings is 7. The molecule has 0 spiro atoms. The van der Waals surface area contributed by atoms with Gasteiger partial charge in [0.25, 0.3) is 0 Å². The molecule has 0 saturated carbocycles. The summed E-state index contributed by atoms with van der Waals surface area (Å²) in [5.74, 6) is 0. The molecule has 1 heterocycles. The normalized spacial score (nSPS) is 11.1. The fourth-order valence-electron chi connectivity index (χ4n) is 7.33. The second-order valence-corrected chi connectivity index (χ2v) is 16.1. The van der Waals surface area contributed by atoms with Gasteiger partial charge >= 0.3 is 0 Å². The molecule has 0 unspecified atom stereocenters. The van der Waals surface area contributed by atoms with Crippen LogP contribution < -0.4 is 20.7 Å². The predicted octanol–water partition coefficient (Wildman–Crippen LogP) is 8.80. The fraction of sp³-hybridized carbons (Fsp3) is 0. The molecule has 5 heteroatoms. The molecule has 0 fully saturated rings. The summed E-state index contributed by atoms with van der Waals surface area (Å²) in [5, 5.41) is 16.4. The van der Waals surface area contributed by atoms with Crippen molar-refractivity contribution in [2.75, 3.05) is 0 Å². The summed E-state index contributed by atoms with van der Waals surface area (Å²) in [7, 11) is -2.77. The van der Waals surface area contributed by atoms with E-state index in [2.05, 4.69) is 142 Å². The molecule has 0 saturated heterocycles. The molecule has 8 aromatic rings. The van der Waals surface area contributed by atoms with E-state index in [0.29, 0.717) is 16.9 Å². The van der Waals surface area contributed by atoms with E-state index in [0.717, 1.165) is 38.6 Å². The van der Waals surface area contributed by atoms with Crippen LogP contribution in [0.5, 0.6) is 0 Å². The Bertz CT molecular complexity index is 2540. The minimum absolute atomic E-state index is 0.573. The third-order valence-corrected chi connectivity index (χ3v) is 14.4. The standard InChI is InChI=1S/C45H28N4Si/c1-47-35-10-9-15-41(29-35)50(38-11-5-3-6-12-38,39-13-7-4-8-14-39)40-24-19-34(20-25-40)33-17-22-37(23-18-33)49-44-26-16-32(31-46)28-42(44)43-30-36(48-2)21-27-45(43)49/h3-30H. The second kappa shape index (κ2) is 12.6. The number of rotatable bonds is 6. The van der Waals surface area contributed by atoms with E-state index in [4.69, 9.17) is 13.1 Å². The molecular weight excluding hydrogens is 625 g/mol. The first-order valence-electron chi connectivity index (χ1n) is 16.3. The van der Waals surface area contributed by atoms with Crippen molar-refractivity contribution < 1.29 is 0 Å². The first kappa shape index (κ1) is 30.4. The van der Waals surface area contributed by atoms with E-state index in [9.17, 15) is 5.26 Å². The lowest BCUT2D eigenvalue weighted by atomic mass is 10.1. The van der Waals surface area contributed by atoms with Gasteiger partial charge < -0.3 is 4.57 Å². The minimum Gasteiger partial charge on any atom is -0.309 e. The van der Waals surface area contributed by atoms with Gasteiger partial charge in [-0.05, 0) is 74.5 Å². The number of nitriles is 1. The lowest BCUT2D eigenvalue weighted by Gasteiger charge is -2.34. The van der Waals surface area contributed by atoms with Gasteiger partial charge in [-0.25, -0.2) is 9.69 Å². The van der Waals surface area contributed by atoms with Crippen LogP contribution in [0.1, 0.15) is 5.56 Å². The van der Waals surface area contributed by atoms with Crippen molar-refractivity contribution >= 4 is 62.0 Å². The minimum atomic E-state index is -2.77. The van der Waals surface area contributed by atoms with Crippen molar-refractivity contribution in [2.24, 2.45) is 0 Å². The van der Waals surface area contributed by atoms with Crippen LogP contribution in [-0.4, -0.2) is 12.6 Å². The Labute approximate surface area is 292 Å². The van der Waals surface area contributed by atoms with Crippen LogP contribution >= 0.6 is 0 Å². The summed E-state index contributed by atoms with van der Waals surface area (Å²) in [6.45, 7) is 15.3. The zero-order valence-corrected chi connectivity index (χ0v) is 28.0. The van der Waals surface area contributed by atoms with E-state index in [1.807, 2.05) is 48.5 Å². The molecule has 232 valence electrons. The molecule has 0 aliphatic rings. The maximum Gasteiger partial charge on any atom is 0.188 e. The molecule has 1 aromatic heterocycles. The Balaban J connectivity index is 1.24. The van der Waals surface area contributed by atoms with Gasteiger partial charge in [-0.3, -0.25) is 0 Å². The van der Waals surface area contributed by atoms with E-state index < -0.39 is 8.07 Å². The SMILES string of the molecule is [C-]#[N+]c1cccc([Si](c2ccccc2)(c2ccccc2)c2ccc(-c3ccc(-n4c5ccc(C#N)cc5c5cc([N+]#[C-])ccc54)cc3)cc2)c1. The number of hydrogen-bond acceptors (Lipinski definition) is 1. The summed E-state index contributed by atoms with van der Waals surface area (Å²) in [5.41, 5.74) is 7.01. The van der Waals surface area contributed by atoms with Crippen LogP contribution in [0.15, 0.2) is 170 Å². The summed E-state index contributed by atoms with van der Waals surface area (Å²) in [6.07, 6.45) is 0. The van der Waals surface area contributed by atoms with Gasteiger partial charge in [0.15, 0.2) is 19.4 Å². The maximum absolute atomic E-state index is 9.58. The molecular formula is C45H28N4Si. The number of nitrogens with zero attached hydrogens (tertiary/aromatic N) is 4. The van der Waals surface area contributed by atoms with Crippen molar-refractivity contribution in [3.63, 3.8) is 0 Å². The van der Waals surface area contributed by atoms with Crippen molar-refractivity contribution in [2.45, 2.75) is 0 Å². The smallest absolute Gasteiger partial charge is 0.188 e. The third kappa shape index (κ3) is 4.97. The number of hydrogen-bond donors (Lipinski definition) is 0.